The maximum absolute atomic E-state index is 10.4. The highest BCUT2D eigenvalue weighted by Crippen LogP contribution is 2.07. The highest BCUT2D eigenvalue weighted by Gasteiger charge is 2.06. The molecule has 0 bridgehead atoms. The van der Waals surface area contributed by atoms with Gasteiger partial charge in [-0.25, -0.2) is 0 Å². The number of tetrazole rings is 1. The number of aryl methyl sites for hydroxylation is 2. The second kappa shape index (κ2) is 4.73. The van der Waals surface area contributed by atoms with Gasteiger partial charge in [0.1, 0.15) is 0 Å². The van der Waals surface area contributed by atoms with Crippen LogP contribution in [0.4, 0.5) is 0 Å². The van der Waals surface area contributed by atoms with E-state index in [1.807, 2.05) is 31.2 Å². The van der Waals surface area contributed by atoms with Gasteiger partial charge in [-0.1, -0.05) is 12.1 Å². The summed E-state index contributed by atoms with van der Waals surface area (Å²) < 4.78 is 0. The van der Waals surface area contributed by atoms with Crippen LogP contribution in [0.15, 0.2) is 24.3 Å². The molecule has 1 N–H and O–H groups in total. The fourth-order valence-electron chi connectivity index (χ4n) is 1.42. The van der Waals surface area contributed by atoms with Gasteiger partial charge in [-0.15, -0.1) is 15.0 Å². The SMILES string of the molecule is Cc1cccc(-n2nnc(CCC(=O)O)n2)c1. The third kappa shape index (κ3) is 2.87. The second-order valence-electron chi connectivity index (χ2n) is 3.73. The molecule has 0 saturated heterocycles. The maximum Gasteiger partial charge on any atom is 0.303 e. The lowest BCUT2D eigenvalue weighted by Crippen LogP contribution is -2.01. The van der Waals surface area contributed by atoms with Crippen LogP contribution < -0.4 is 0 Å². The first-order valence-corrected chi connectivity index (χ1v) is 5.23. The number of rotatable bonds is 4. The summed E-state index contributed by atoms with van der Waals surface area (Å²) in [6, 6.07) is 7.69. The van der Waals surface area contributed by atoms with Crippen molar-refractivity contribution in [1.82, 2.24) is 20.2 Å². The zero-order chi connectivity index (χ0) is 12.3. The molecular weight excluding hydrogens is 220 g/mol. The Kier molecular flexibility index (Phi) is 3.13. The Balaban J connectivity index is 2.15. The summed E-state index contributed by atoms with van der Waals surface area (Å²) in [5.74, 6) is -0.425. The predicted molar refractivity (Wildman–Crippen MR) is 59.8 cm³/mol. The van der Waals surface area contributed by atoms with Crippen LogP contribution in [0, 0.1) is 6.92 Å². The van der Waals surface area contributed by atoms with E-state index in [1.165, 1.54) is 4.80 Å². The molecular formula is C11H12N4O2. The van der Waals surface area contributed by atoms with Crippen molar-refractivity contribution in [2.75, 3.05) is 0 Å². The molecule has 17 heavy (non-hydrogen) atoms. The van der Waals surface area contributed by atoms with Crippen molar-refractivity contribution in [2.45, 2.75) is 19.8 Å². The Bertz CT molecular complexity index is 536. The number of aromatic nitrogens is 4. The molecule has 2 aromatic rings. The zero-order valence-electron chi connectivity index (χ0n) is 9.37. The number of carboxylic acid groups (broad SMARTS) is 1. The summed E-state index contributed by atoms with van der Waals surface area (Å²) in [7, 11) is 0. The molecule has 0 amide bonds. The van der Waals surface area contributed by atoms with Crippen molar-refractivity contribution in [2.24, 2.45) is 0 Å². The minimum Gasteiger partial charge on any atom is -0.481 e. The topological polar surface area (TPSA) is 80.9 Å². The van der Waals surface area contributed by atoms with Crippen LogP contribution in [0.25, 0.3) is 5.69 Å². The van der Waals surface area contributed by atoms with Crippen LogP contribution in [-0.4, -0.2) is 31.3 Å². The van der Waals surface area contributed by atoms with E-state index in [-0.39, 0.29) is 6.42 Å². The quantitative estimate of drug-likeness (QED) is 0.850. The zero-order valence-corrected chi connectivity index (χ0v) is 9.37. The van der Waals surface area contributed by atoms with Crippen molar-refractivity contribution in [1.29, 1.82) is 0 Å². The fraction of sp³-hybridized carbons (Fsp3) is 0.273. The van der Waals surface area contributed by atoms with Gasteiger partial charge in [-0.3, -0.25) is 4.79 Å². The number of carbonyl (C=O) groups is 1. The van der Waals surface area contributed by atoms with Gasteiger partial charge in [0, 0.05) is 6.42 Å². The Labute approximate surface area is 97.9 Å². The number of hydrogen-bond donors (Lipinski definition) is 1. The third-order valence-electron chi connectivity index (χ3n) is 2.25. The van der Waals surface area contributed by atoms with Crippen LogP contribution in [0.3, 0.4) is 0 Å². The molecule has 0 radical (unpaired) electrons. The first kappa shape index (κ1) is 11.3. The molecule has 0 saturated carbocycles. The number of benzene rings is 1. The van der Waals surface area contributed by atoms with Crippen molar-refractivity contribution in [3.05, 3.63) is 35.7 Å². The molecule has 6 nitrogen and oxygen atoms in total. The van der Waals surface area contributed by atoms with E-state index >= 15 is 0 Å². The predicted octanol–water partition coefficient (Wildman–Crippen LogP) is 0.988. The average Bonchev–Trinajstić information content (AvgIpc) is 2.75. The lowest BCUT2D eigenvalue weighted by molar-refractivity contribution is -0.137. The summed E-state index contributed by atoms with van der Waals surface area (Å²) in [5, 5.41) is 20.4. The minimum absolute atomic E-state index is 0.0134. The Hall–Kier alpha value is -2.24. The Morgan fingerprint density at radius 2 is 2.29 bits per heavy atom. The normalized spacial score (nSPS) is 10.4. The van der Waals surface area contributed by atoms with E-state index < -0.39 is 5.97 Å². The summed E-state index contributed by atoms with van der Waals surface area (Å²) in [5.41, 5.74) is 1.92. The molecule has 0 fully saturated rings. The summed E-state index contributed by atoms with van der Waals surface area (Å²) in [6.07, 6.45) is 0.306. The van der Waals surface area contributed by atoms with E-state index in [0.29, 0.717) is 12.2 Å². The van der Waals surface area contributed by atoms with E-state index in [0.717, 1.165) is 11.3 Å². The summed E-state index contributed by atoms with van der Waals surface area (Å²) >= 11 is 0. The van der Waals surface area contributed by atoms with Crippen molar-refractivity contribution in [3.63, 3.8) is 0 Å². The van der Waals surface area contributed by atoms with Crippen molar-refractivity contribution < 1.29 is 9.90 Å². The molecule has 1 aromatic carbocycles. The van der Waals surface area contributed by atoms with E-state index in [4.69, 9.17) is 5.11 Å². The summed E-state index contributed by atoms with van der Waals surface area (Å²) in [4.78, 5) is 11.8. The molecule has 0 spiro atoms. The first-order chi connectivity index (χ1) is 8.15. The standard InChI is InChI=1S/C11H12N4O2/c1-8-3-2-4-9(7-8)15-13-10(12-14-15)5-6-11(16)17/h2-4,7H,5-6H2,1H3,(H,16,17). The van der Waals surface area contributed by atoms with Gasteiger partial charge in [0.15, 0.2) is 5.82 Å². The van der Waals surface area contributed by atoms with Gasteiger partial charge >= 0.3 is 5.97 Å². The molecule has 1 aromatic heterocycles. The minimum atomic E-state index is -0.864. The third-order valence-corrected chi connectivity index (χ3v) is 2.25. The summed E-state index contributed by atoms with van der Waals surface area (Å²) in [6.45, 7) is 1.98. The lowest BCUT2D eigenvalue weighted by atomic mass is 10.2. The first-order valence-electron chi connectivity index (χ1n) is 5.23. The molecule has 6 heteroatoms. The van der Waals surface area contributed by atoms with Crippen LogP contribution in [0.5, 0.6) is 0 Å². The molecule has 0 atom stereocenters. The largest absolute Gasteiger partial charge is 0.481 e. The lowest BCUT2D eigenvalue weighted by Gasteiger charge is -1.98. The van der Waals surface area contributed by atoms with Crippen LogP contribution in [0.2, 0.25) is 0 Å². The average molecular weight is 232 g/mol. The molecule has 2 rings (SSSR count). The molecule has 0 aliphatic rings. The number of aliphatic carboxylic acids is 1. The molecule has 1 heterocycles. The van der Waals surface area contributed by atoms with Gasteiger partial charge in [-0.05, 0) is 29.8 Å². The van der Waals surface area contributed by atoms with E-state index in [1.54, 1.807) is 0 Å². The van der Waals surface area contributed by atoms with Crippen LogP contribution >= 0.6 is 0 Å². The fourth-order valence-corrected chi connectivity index (χ4v) is 1.42. The second-order valence-corrected chi connectivity index (χ2v) is 3.73. The maximum atomic E-state index is 10.4. The Morgan fingerprint density at radius 1 is 1.47 bits per heavy atom. The van der Waals surface area contributed by atoms with Gasteiger partial charge in [-0.2, -0.15) is 0 Å². The number of hydrogen-bond acceptors (Lipinski definition) is 4. The van der Waals surface area contributed by atoms with Crippen LogP contribution in [0.1, 0.15) is 17.8 Å². The molecule has 0 aliphatic carbocycles. The van der Waals surface area contributed by atoms with Gasteiger partial charge in [0.25, 0.3) is 0 Å². The smallest absolute Gasteiger partial charge is 0.303 e. The Morgan fingerprint density at radius 3 is 3.00 bits per heavy atom. The number of nitrogens with zero attached hydrogens (tertiary/aromatic N) is 4. The van der Waals surface area contributed by atoms with Crippen molar-refractivity contribution >= 4 is 5.97 Å². The van der Waals surface area contributed by atoms with Crippen molar-refractivity contribution in [3.8, 4) is 5.69 Å². The number of carboxylic acids is 1. The highest BCUT2D eigenvalue weighted by atomic mass is 16.4. The van der Waals surface area contributed by atoms with E-state index in [2.05, 4.69) is 15.4 Å². The molecule has 0 unspecified atom stereocenters. The van der Waals surface area contributed by atoms with Crippen LogP contribution in [-0.2, 0) is 11.2 Å². The van der Waals surface area contributed by atoms with Gasteiger partial charge < -0.3 is 5.11 Å². The molecule has 88 valence electrons. The van der Waals surface area contributed by atoms with Gasteiger partial charge in [0.05, 0.1) is 12.1 Å². The van der Waals surface area contributed by atoms with E-state index in [9.17, 15) is 4.79 Å². The highest BCUT2D eigenvalue weighted by molar-refractivity contribution is 5.66. The monoisotopic (exact) mass is 232 g/mol. The molecule has 0 aliphatic heterocycles. The van der Waals surface area contributed by atoms with Gasteiger partial charge in [0.2, 0.25) is 0 Å².